The highest BCUT2D eigenvalue weighted by atomic mass is 16.5. The number of ether oxygens (including phenoxy) is 1. The third-order valence-electron chi connectivity index (χ3n) is 5.37. The molecule has 1 saturated heterocycles. The molecule has 5 nitrogen and oxygen atoms in total. The fraction of sp³-hybridized carbons (Fsp3) is 0.917. The molecule has 1 saturated carbocycles. The summed E-state index contributed by atoms with van der Waals surface area (Å²) in [4.78, 5) is 24.6. The quantitative estimate of drug-likeness (QED) is 0.611. The molecular formula is C24H50N2O3. The Morgan fingerprint density at radius 3 is 2.17 bits per heavy atom. The Kier molecular flexibility index (Phi) is 17.3. The minimum Gasteiger partial charge on any atom is -0.465 e. The number of hydrogen-bond acceptors (Lipinski definition) is 4. The van der Waals surface area contributed by atoms with Gasteiger partial charge in [0.05, 0.1) is 6.61 Å². The van der Waals surface area contributed by atoms with Gasteiger partial charge >= 0.3 is 5.97 Å². The van der Waals surface area contributed by atoms with Crippen LogP contribution in [0.4, 0.5) is 0 Å². The molecule has 0 aromatic carbocycles. The minimum absolute atomic E-state index is 0.176. The van der Waals surface area contributed by atoms with Crippen molar-refractivity contribution in [2.24, 2.45) is 5.41 Å². The zero-order valence-corrected chi connectivity index (χ0v) is 21.1. The lowest BCUT2D eigenvalue weighted by atomic mass is 9.71. The molecule has 5 heteroatoms. The molecule has 0 aromatic rings. The van der Waals surface area contributed by atoms with E-state index in [2.05, 4.69) is 37.9 Å². The number of nitrogens with zero attached hydrogens (tertiary/aromatic N) is 1. The number of likely N-dealkylation sites (tertiary alicyclic amines) is 1. The lowest BCUT2D eigenvalue weighted by molar-refractivity contribution is -0.145. The maximum atomic E-state index is 11.6. The fourth-order valence-electron chi connectivity index (χ4n) is 4.36. The number of amides is 1. The van der Waals surface area contributed by atoms with Gasteiger partial charge in [-0.25, -0.2) is 0 Å². The van der Waals surface area contributed by atoms with Gasteiger partial charge in [-0.3, -0.25) is 9.59 Å². The number of carbonyl (C=O) groups is 2. The fourth-order valence-corrected chi connectivity index (χ4v) is 4.36. The van der Waals surface area contributed by atoms with E-state index in [9.17, 15) is 9.59 Å². The molecular weight excluding hydrogens is 364 g/mol. The second-order valence-corrected chi connectivity index (χ2v) is 8.13. The average molecular weight is 415 g/mol. The Morgan fingerprint density at radius 2 is 1.72 bits per heavy atom. The number of nitrogens with one attached hydrogen (secondary N) is 1. The molecule has 2 aliphatic rings. The highest BCUT2D eigenvalue weighted by Crippen LogP contribution is 2.49. The zero-order chi connectivity index (χ0) is 23.0. The molecule has 0 bridgehead atoms. The molecule has 4 atom stereocenters. The Labute approximate surface area is 181 Å². The largest absolute Gasteiger partial charge is 0.465 e. The Morgan fingerprint density at radius 1 is 1.17 bits per heavy atom. The Hall–Kier alpha value is -1.10. The summed E-state index contributed by atoms with van der Waals surface area (Å²) >= 11 is 0. The van der Waals surface area contributed by atoms with Crippen molar-refractivity contribution in [1.82, 2.24) is 10.2 Å². The first kappa shape index (κ1) is 30.1. The van der Waals surface area contributed by atoms with Crippen LogP contribution in [0.2, 0.25) is 0 Å². The van der Waals surface area contributed by atoms with Crippen molar-refractivity contribution in [2.45, 2.75) is 126 Å². The Balaban J connectivity index is 0. The van der Waals surface area contributed by atoms with Crippen LogP contribution in [0.25, 0.3) is 0 Å². The second kappa shape index (κ2) is 16.7. The molecule has 1 N–H and O–H groups in total. The highest BCUT2D eigenvalue weighted by molar-refractivity contribution is 5.75. The zero-order valence-electron chi connectivity index (χ0n) is 21.1. The SMILES string of the molecule is CC.CC(=O)N1[C@H](C)C[C@]2(C)CCCC[C@H]12.CCC.CCN[C@@H](C)C(=O)OCC. The molecule has 1 aliphatic carbocycles. The van der Waals surface area contributed by atoms with Gasteiger partial charge in [0, 0.05) is 19.0 Å². The molecule has 2 fully saturated rings. The summed E-state index contributed by atoms with van der Waals surface area (Å²) in [6.07, 6.45) is 7.64. The van der Waals surface area contributed by atoms with E-state index in [0.29, 0.717) is 24.1 Å². The molecule has 1 amide bonds. The minimum atomic E-state index is -0.177. The first-order valence-corrected chi connectivity index (χ1v) is 11.9. The van der Waals surface area contributed by atoms with Crippen molar-refractivity contribution in [3.8, 4) is 0 Å². The van der Waals surface area contributed by atoms with E-state index in [1.807, 2.05) is 20.8 Å². The normalized spacial score (nSPS) is 25.7. The summed E-state index contributed by atoms with van der Waals surface area (Å²) in [7, 11) is 0. The summed E-state index contributed by atoms with van der Waals surface area (Å²) in [5, 5.41) is 2.96. The summed E-state index contributed by atoms with van der Waals surface area (Å²) in [6, 6.07) is 0.814. The van der Waals surface area contributed by atoms with Gasteiger partial charge in [0.25, 0.3) is 0 Å². The third kappa shape index (κ3) is 10.5. The molecule has 1 aliphatic heterocycles. The van der Waals surface area contributed by atoms with Crippen LogP contribution in [-0.2, 0) is 14.3 Å². The number of esters is 1. The van der Waals surface area contributed by atoms with E-state index in [1.165, 1.54) is 38.5 Å². The Bertz CT molecular complexity index is 442. The van der Waals surface area contributed by atoms with Crippen LogP contribution in [0.5, 0.6) is 0 Å². The predicted octanol–water partition coefficient (Wildman–Crippen LogP) is 5.57. The van der Waals surface area contributed by atoms with E-state index in [4.69, 9.17) is 4.74 Å². The number of hydrogen-bond donors (Lipinski definition) is 1. The van der Waals surface area contributed by atoms with Crippen LogP contribution in [0.1, 0.15) is 108 Å². The second-order valence-electron chi connectivity index (χ2n) is 8.13. The lowest BCUT2D eigenvalue weighted by Crippen LogP contribution is -2.44. The van der Waals surface area contributed by atoms with Gasteiger partial charge in [0.1, 0.15) is 6.04 Å². The van der Waals surface area contributed by atoms with Crippen LogP contribution < -0.4 is 5.32 Å². The van der Waals surface area contributed by atoms with Crippen molar-refractivity contribution < 1.29 is 14.3 Å². The molecule has 0 spiro atoms. The van der Waals surface area contributed by atoms with Gasteiger partial charge in [-0.1, -0.05) is 60.8 Å². The van der Waals surface area contributed by atoms with Crippen LogP contribution in [0.3, 0.4) is 0 Å². The summed E-state index contributed by atoms with van der Waals surface area (Å²) in [6.45, 7) is 21.3. The molecule has 0 radical (unpaired) electrons. The van der Waals surface area contributed by atoms with Crippen molar-refractivity contribution in [3.63, 3.8) is 0 Å². The molecule has 29 heavy (non-hydrogen) atoms. The number of rotatable bonds is 4. The van der Waals surface area contributed by atoms with Gasteiger partial charge in [0.15, 0.2) is 0 Å². The topological polar surface area (TPSA) is 58.6 Å². The number of likely N-dealkylation sites (N-methyl/N-ethyl adjacent to an activating group) is 1. The monoisotopic (exact) mass is 414 g/mol. The van der Waals surface area contributed by atoms with Gasteiger partial charge < -0.3 is 15.0 Å². The summed E-state index contributed by atoms with van der Waals surface area (Å²) < 4.78 is 4.75. The summed E-state index contributed by atoms with van der Waals surface area (Å²) in [5.41, 5.74) is 0.420. The average Bonchev–Trinajstić information content (AvgIpc) is 2.94. The number of carbonyl (C=O) groups excluding carboxylic acids is 2. The van der Waals surface area contributed by atoms with Crippen LogP contribution in [0, 0.1) is 5.41 Å². The first-order valence-electron chi connectivity index (χ1n) is 11.9. The lowest BCUT2D eigenvalue weighted by Gasteiger charge is -2.39. The van der Waals surface area contributed by atoms with E-state index in [1.54, 1.807) is 20.8 Å². The van der Waals surface area contributed by atoms with Crippen molar-refractivity contribution >= 4 is 11.9 Å². The van der Waals surface area contributed by atoms with Gasteiger partial charge in [-0.15, -0.1) is 0 Å². The van der Waals surface area contributed by atoms with E-state index in [-0.39, 0.29) is 17.9 Å². The molecule has 1 heterocycles. The maximum absolute atomic E-state index is 11.6. The standard InChI is InChI=1S/C12H21NO.C7H15NO2.C3H8.C2H6/c1-9-8-12(3)7-5-4-6-11(12)13(9)10(2)14;1-4-8-6(3)7(9)10-5-2;1-3-2;1-2/h9,11H,4-8H2,1-3H3;6,8H,4-5H2,1-3H3;3H2,1-2H3;1-2H3/t9-,11+,12+;6-;;/m10../s1. The molecule has 0 aromatic heterocycles. The van der Waals surface area contributed by atoms with Crippen molar-refractivity contribution in [3.05, 3.63) is 0 Å². The smallest absolute Gasteiger partial charge is 0.322 e. The van der Waals surface area contributed by atoms with Crippen molar-refractivity contribution in [1.29, 1.82) is 0 Å². The van der Waals surface area contributed by atoms with Crippen molar-refractivity contribution in [2.75, 3.05) is 13.2 Å². The van der Waals surface area contributed by atoms with E-state index in [0.717, 1.165) is 6.54 Å². The highest BCUT2D eigenvalue weighted by Gasteiger charge is 2.49. The van der Waals surface area contributed by atoms with Crippen LogP contribution >= 0.6 is 0 Å². The predicted molar refractivity (Wildman–Crippen MR) is 124 cm³/mol. The summed E-state index contributed by atoms with van der Waals surface area (Å²) in [5.74, 6) is 0.0949. The van der Waals surface area contributed by atoms with Crippen LogP contribution in [0.15, 0.2) is 0 Å². The van der Waals surface area contributed by atoms with E-state index >= 15 is 0 Å². The molecule has 174 valence electrons. The van der Waals surface area contributed by atoms with E-state index < -0.39 is 0 Å². The molecule has 0 unspecified atom stereocenters. The van der Waals surface area contributed by atoms with Gasteiger partial charge in [0.2, 0.25) is 5.91 Å². The van der Waals surface area contributed by atoms with Crippen LogP contribution in [-0.4, -0.2) is 48.1 Å². The molecule has 2 rings (SSSR count). The van der Waals surface area contributed by atoms with Gasteiger partial charge in [-0.2, -0.15) is 0 Å². The maximum Gasteiger partial charge on any atom is 0.322 e. The first-order chi connectivity index (χ1) is 13.7. The third-order valence-corrected chi connectivity index (χ3v) is 5.37. The number of fused-ring (bicyclic) bond motifs is 1. The van der Waals surface area contributed by atoms with Gasteiger partial charge in [-0.05, 0) is 52.0 Å².